The number of carbonyl (C=O) groups excluding carboxylic acids is 1. The number of amides is 1. The summed E-state index contributed by atoms with van der Waals surface area (Å²) >= 11 is 6.88. The van der Waals surface area contributed by atoms with Gasteiger partial charge in [-0.05, 0) is 50.2 Å². The molecule has 0 aliphatic carbocycles. The number of anilines is 1. The minimum absolute atomic E-state index is 0.0704. The third kappa shape index (κ3) is 6.18. The van der Waals surface area contributed by atoms with Gasteiger partial charge in [-0.15, -0.1) is 0 Å². The number of nitrogens with zero attached hydrogens (tertiary/aromatic N) is 4. The van der Waals surface area contributed by atoms with E-state index in [1.807, 2.05) is 13.0 Å². The lowest BCUT2D eigenvalue weighted by molar-refractivity contribution is -0.122. The summed E-state index contributed by atoms with van der Waals surface area (Å²) in [4.78, 5) is 31.2. The maximum atomic E-state index is 13.4. The third-order valence-electron chi connectivity index (χ3n) is 7.05. The number of unbranched alkanes of at least 4 members (excludes halogenated alkanes) is 4. The minimum atomic E-state index is -0.229. The highest BCUT2D eigenvalue weighted by molar-refractivity contribution is 8.26. The number of thioether (sulfide) groups is 1. The van der Waals surface area contributed by atoms with E-state index < -0.39 is 0 Å². The van der Waals surface area contributed by atoms with Crippen molar-refractivity contribution >= 4 is 46.1 Å². The van der Waals surface area contributed by atoms with E-state index in [4.69, 9.17) is 12.2 Å². The lowest BCUT2D eigenvalue weighted by atomic mass is 9.97. The number of thiocarbonyl (C=S) groups is 1. The van der Waals surface area contributed by atoms with Crippen LogP contribution in [0.3, 0.4) is 0 Å². The molecule has 1 amide bonds. The molecule has 0 atom stereocenters. The average Bonchev–Trinajstić information content (AvgIpc) is 3.11. The van der Waals surface area contributed by atoms with E-state index in [2.05, 4.69) is 31.7 Å². The molecule has 6 nitrogen and oxygen atoms in total. The summed E-state index contributed by atoms with van der Waals surface area (Å²) in [5.41, 5.74) is 1.38. The number of carbonyl (C=O) groups is 1. The van der Waals surface area contributed by atoms with Crippen molar-refractivity contribution in [1.82, 2.24) is 9.47 Å². The zero-order valence-corrected chi connectivity index (χ0v) is 23.2. The molecule has 0 spiro atoms. The zero-order valence-electron chi connectivity index (χ0n) is 21.6. The van der Waals surface area contributed by atoms with Crippen LogP contribution in [0.15, 0.2) is 9.70 Å². The first-order valence-corrected chi connectivity index (χ1v) is 14.2. The summed E-state index contributed by atoms with van der Waals surface area (Å²) in [5, 5.41) is 9.85. The van der Waals surface area contributed by atoms with Crippen LogP contribution in [0.25, 0.3) is 6.08 Å². The van der Waals surface area contributed by atoms with Gasteiger partial charge >= 0.3 is 0 Å². The van der Waals surface area contributed by atoms with Crippen LogP contribution in [-0.2, 0) is 11.3 Å². The SMILES string of the molecule is CCCCCCN1C(=O)/C(=C/c2c(C)c(C#N)c(=O)n(CCCC)c2N2CCC(C)CC2)SC1=S. The van der Waals surface area contributed by atoms with E-state index in [0.717, 1.165) is 75.8 Å². The molecule has 35 heavy (non-hydrogen) atoms. The maximum absolute atomic E-state index is 13.4. The predicted molar refractivity (Wildman–Crippen MR) is 150 cm³/mol. The quantitative estimate of drug-likeness (QED) is 0.222. The first-order chi connectivity index (χ1) is 16.8. The first-order valence-electron chi connectivity index (χ1n) is 13.0. The van der Waals surface area contributed by atoms with Crippen molar-refractivity contribution in [3.63, 3.8) is 0 Å². The Labute approximate surface area is 219 Å². The molecule has 190 valence electrons. The summed E-state index contributed by atoms with van der Waals surface area (Å²) in [5.74, 6) is 1.42. The number of hydrogen-bond donors (Lipinski definition) is 0. The smallest absolute Gasteiger partial charge is 0.270 e. The van der Waals surface area contributed by atoms with E-state index in [0.29, 0.717) is 33.8 Å². The monoisotopic (exact) mass is 514 g/mol. The van der Waals surface area contributed by atoms with Crippen LogP contribution < -0.4 is 10.5 Å². The van der Waals surface area contributed by atoms with Crippen molar-refractivity contribution in [2.75, 3.05) is 24.5 Å². The Balaban J connectivity index is 2.08. The Hall–Kier alpha value is -2.11. The molecule has 3 heterocycles. The third-order valence-corrected chi connectivity index (χ3v) is 8.43. The number of nitriles is 1. The van der Waals surface area contributed by atoms with Gasteiger partial charge in [0.25, 0.3) is 11.5 Å². The highest BCUT2D eigenvalue weighted by Gasteiger charge is 2.33. The van der Waals surface area contributed by atoms with Gasteiger partial charge in [0.2, 0.25) is 0 Å². The zero-order chi connectivity index (χ0) is 25.5. The number of piperidine rings is 1. The van der Waals surface area contributed by atoms with Gasteiger partial charge in [-0.2, -0.15) is 5.26 Å². The van der Waals surface area contributed by atoms with Crippen LogP contribution in [0.5, 0.6) is 0 Å². The van der Waals surface area contributed by atoms with Gasteiger partial charge in [0.15, 0.2) is 0 Å². The van der Waals surface area contributed by atoms with Crippen molar-refractivity contribution in [2.24, 2.45) is 5.92 Å². The summed E-state index contributed by atoms with van der Waals surface area (Å²) in [6, 6.07) is 2.14. The standard InChI is InChI=1S/C27H38N4O2S2/c1-5-7-9-10-14-31-26(33)23(35-27(31)34)17-21-20(4)22(18-28)25(32)30(13-8-6-2)24(21)29-15-11-19(3)12-16-29/h17,19H,5-16H2,1-4H3/b23-17-. The Kier molecular flexibility index (Phi) is 9.99. The van der Waals surface area contributed by atoms with E-state index in [9.17, 15) is 14.9 Å². The van der Waals surface area contributed by atoms with Gasteiger partial charge in [-0.25, -0.2) is 0 Å². The fourth-order valence-corrected chi connectivity index (χ4v) is 6.04. The number of aromatic nitrogens is 1. The van der Waals surface area contributed by atoms with Crippen molar-refractivity contribution in [2.45, 2.75) is 85.6 Å². The molecule has 0 aromatic carbocycles. The van der Waals surface area contributed by atoms with Crippen LogP contribution in [-0.4, -0.2) is 39.3 Å². The Bertz CT molecular complexity index is 1080. The molecule has 2 fully saturated rings. The fraction of sp³-hybridized carbons (Fsp3) is 0.630. The topological polar surface area (TPSA) is 69.3 Å². The van der Waals surface area contributed by atoms with Crippen LogP contribution in [0.2, 0.25) is 0 Å². The van der Waals surface area contributed by atoms with Gasteiger partial charge in [-0.1, -0.05) is 70.4 Å². The van der Waals surface area contributed by atoms with Crippen LogP contribution in [0, 0.1) is 24.2 Å². The molecule has 0 saturated carbocycles. The second kappa shape index (κ2) is 12.7. The lowest BCUT2D eigenvalue weighted by Crippen LogP contribution is -2.39. The minimum Gasteiger partial charge on any atom is -0.357 e. The molecule has 1 aromatic heterocycles. The van der Waals surface area contributed by atoms with Gasteiger partial charge < -0.3 is 4.90 Å². The summed E-state index contributed by atoms with van der Waals surface area (Å²) in [6.07, 6.45) is 10.1. The normalized spacial score (nSPS) is 18.1. The molecule has 3 rings (SSSR count). The fourth-order valence-electron chi connectivity index (χ4n) is 4.75. The van der Waals surface area contributed by atoms with Crippen LogP contribution in [0.4, 0.5) is 5.82 Å². The Morgan fingerprint density at radius 1 is 1.09 bits per heavy atom. The summed E-state index contributed by atoms with van der Waals surface area (Å²) in [6.45, 7) is 11.3. The molecule has 8 heteroatoms. The Morgan fingerprint density at radius 3 is 2.40 bits per heavy atom. The van der Waals surface area contributed by atoms with Crippen LogP contribution >= 0.6 is 24.0 Å². The molecule has 0 bridgehead atoms. The number of rotatable bonds is 10. The highest BCUT2D eigenvalue weighted by Crippen LogP contribution is 2.37. The van der Waals surface area contributed by atoms with Crippen molar-refractivity contribution < 1.29 is 4.79 Å². The molecule has 0 radical (unpaired) electrons. The van der Waals surface area contributed by atoms with Crippen molar-refractivity contribution in [3.05, 3.63) is 31.9 Å². The average molecular weight is 515 g/mol. The molecule has 2 aliphatic rings. The number of pyridine rings is 1. The molecule has 0 unspecified atom stereocenters. The maximum Gasteiger partial charge on any atom is 0.270 e. The van der Waals surface area contributed by atoms with Crippen molar-refractivity contribution in [1.29, 1.82) is 5.26 Å². The second-order valence-electron chi connectivity index (χ2n) is 9.72. The molecule has 2 aliphatic heterocycles. The summed E-state index contributed by atoms with van der Waals surface area (Å²) < 4.78 is 2.37. The molecular formula is C27H38N4O2S2. The highest BCUT2D eigenvalue weighted by atomic mass is 32.2. The molecule has 2 saturated heterocycles. The largest absolute Gasteiger partial charge is 0.357 e. The van der Waals surface area contributed by atoms with Gasteiger partial charge in [0, 0.05) is 31.7 Å². The van der Waals surface area contributed by atoms with E-state index in [1.54, 1.807) is 9.47 Å². The van der Waals surface area contributed by atoms with E-state index in [-0.39, 0.29) is 17.0 Å². The van der Waals surface area contributed by atoms with Crippen LogP contribution in [0.1, 0.15) is 88.8 Å². The predicted octanol–water partition coefficient (Wildman–Crippen LogP) is 5.85. The number of hydrogen-bond acceptors (Lipinski definition) is 6. The summed E-state index contributed by atoms with van der Waals surface area (Å²) in [7, 11) is 0. The molecular weight excluding hydrogens is 476 g/mol. The lowest BCUT2D eigenvalue weighted by Gasteiger charge is -2.35. The van der Waals surface area contributed by atoms with Gasteiger partial charge in [0.1, 0.15) is 21.8 Å². The first kappa shape index (κ1) is 27.5. The van der Waals surface area contributed by atoms with Gasteiger partial charge in [-0.3, -0.25) is 19.1 Å². The Morgan fingerprint density at radius 2 is 1.77 bits per heavy atom. The molecule has 0 N–H and O–H groups in total. The van der Waals surface area contributed by atoms with Gasteiger partial charge in [0.05, 0.1) is 4.91 Å². The van der Waals surface area contributed by atoms with E-state index >= 15 is 0 Å². The molecule has 1 aromatic rings. The van der Waals surface area contributed by atoms with Crippen molar-refractivity contribution in [3.8, 4) is 6.07 Å². The second-order valence-corrected chi connectivity index (χ2v) is 11.4. The van der Waals surface area contributed by atoms with E-state index in [1.165, 1.54) is 11.8 Å².